The largest absolute Gasteiger partial charge is 0.397 e. The maximum absolute atomic E-state index is 11.3. The van der Waals surface area contributed by atoms with Crippen LogP contribution in [0.2, 0.25) is 0 Å². The van der Waals surface area contributed by atoms with E-state index in [1.165, 1.54) is 6.20 Å². The van der Waals surface area contributed by atoms with Crippen LogP contribution < -0.4 is 11.1 Å². The summed E-state index contributed by atoms with van der Waals surface area (Å²) in [7, 11) is 0. The number of pyridine rings is 1. The molecule has 4 nitrogen and oxygen atoms in total. The number of nitrogens with two attached hydrogens (primary N) is 1. The van der Waals surface area contributed by atoms with Gasteiger partial charge in [0.1, 0.15) is 0 Å². The SMILES string of the molecule is Nc1cncc2c1C(=O)NCC2. The Morgan fingerprint density at radius 1 is 1.50 bits per heavy atom. The summed E-state index contributed by atoms with van der Waals surface area (Å²) in [5.74, 6) is -0.0869. The molecule has 0 unspecified atom stereocenters. The number of hydrogen-bond acceptors (Lipinski definition) is 3. The van der Waals surface area contributed by atoms with Crippen molar-refractivity contribution in [2.75, 3.05) is 12.3 Å². The summed E-state index contributed by atoms with van der Waals surface area (Å²) in [6, 6.07) is 0. The van der Waals surface area contributed by atoms with E-state index in [1.54, 1.807) is 6.20 Å². The number of aromatic nitrogens is 1. The first-order chi connectivity index (χ1) is 5.79. The van der Waals surface area contributed by atoms with Gasteiger partial charge in [-0.3, -0.25) is 9.78 Å². The molecule has 0 radical (unpaired) electrons. The van der Waals surface area contributed by atoms with Gasteiger partial charge in [-0.2, -0.15) is 0 Å². The topological polar surface area (TPSA) is 68.0 Å². The van der Waals surface area contributed by atoms with Crippen LogP contribution >= 0.6 is 0 Å². The Morgan fingerprint density at radius 2 is 2.33 bits per heavy atom. The number of amides is 1. The van der Waals surface area contributed by atoms with E-state index in [4.69, 9.17) is 5.73 Å². The van der Waals surface area contributed by atoms with Gasteiger partial charge in [-0.1, -0.05) is 0 Å². The van der Waals surface area contributed by atoms with Gasteiger partial charge in [0.05, 0.1) is 17.4 Å². The fraction of sp³-hybridized carbons (Fsp3) is 0.250. The van der Waals surface area contributed by atoms with Gasteiger partial charge in [0.15, 0.2) is 0 Å². The fourth-order valence-corrected chi connectivity index (χ4v) is 1.39. The third kappa shape index (κ3) is 0.922. The van der Waals surface area contributed by atoms with E-state index in [9.17, 15) is 4.79 Å². The summed E-state index contributed by atoms with van der Waals surface area (Å²) in [4.78, 5) is 15.2. The zero-order valence-corrected chi connectivity index (χ0v) is 6.50. The van der Waals surface area contributed by atoms with Crippen LogP contribution in [0.25, 0.3) is 0 Å². The summed E-state index contributed by atoms with van der Waals surface area (Å²) < 4.78 is 0. The normalized spacial score (nSPS) is 15.2. The maximum Gasteiger partial charge on any atom is 0.253 e. The minimum atomic E-state index is -0.0869. The molecule has 0 saturated heterocycles. The van der Waals surface area contributed by atoms with Crippen LogP contribution in [-0.2, 0) is 6.42 Å². The van der Waals surface area contributed by atoms with E-state index >= 15 is 0 Å². The van der Waals surface area contributed by atoms with Gasteiger partial charge in [0.2, 0.25) is 0 Å². The molecule has 1 aliphatic heterocycles. The van der Waals surface area contributed by atoms with Crippen LogP contribution in [0, 0.1) is 0 Å². The number of nitrogen functional groups attached to an aromatic ring is 1. The number of fused-ring (bicyclic) bond motifs is 1. The molecular weight excluding hydrogens is 154 g/mol. The van der Waals surface area contributed by atoms with Gasteiger partial charge in [-0.15, -0.1) is 0 Å². The van der Waals surface area contributed by atoms with E-state index in [0.717, 1.165) is 12.0 Å². The monoisotopic (exact) mass is 163 g/mol. The number of anilines is 1. The molecule has 2 heterocycles. The van der Waals surface area contributed by atoms with Crippen LogP contribution in [0.5, 0.6) is 0 Å². The van der Waals surface area contributed by atoms with Gasteiger partial charge >= 0.3 is 0 Å². The van der Waals surface area contributed by atoms with Crippen LogP contribution in [0.1, 0.15) is 15.9 Å². The highest BCUT2D eigenvalue weighted by molar-refractivity contribution is 6.01. The number of carbonyl (C=O) groups is 1. The zero-order valence-electron chi connectivity index (χ0n) is 6.50. The average Bonchev–Trinajstić information content (AvgIpc) is 2.04. The molecule has 0 atom stereocenters. The summed E-state index contributed by atoms with van der Waals surface area (Å²) in [5, 5.41) is 2.73. The third-order valence-corrected chi connectivity index (χ3v) is 1.96. The number of nitrogens with zero attached hydrogens (tertiary/aromatic N) is 1. The first kappa shape index (κ1) is 7.09. The van der Waals surface area contributed by atoms with Crippen LogP contribution in [0.15, 0.2) is 12.4 Å². The molecule has 1 aliphatic rings. The molecule has 0 aliphatic carbocycles. The number of carbonyl (C=O) groups excluding carboxylic acids is 1. The van der Waals surface area contributed by atoms with Crippen LogP contribution in [0.3, 0.4) is 0 Å². The molecule has 12 heavy (non-hydrogen) atoms. The summed E-state index contributed by atoms with van der Waals surface area (Å²) in [6.45, 7) is 0.678. The van der Waals surface area contributed by atoms with Crippen molar-refractivity contribution in [3.63, 3.8) is 0 Å². The molecule has 0 saturated carbocycles. The Balaban J connectivity index is 2.60. The van der Waals surface area contributed by atoms with Crippen molar-refractivity contribution in [2.45, 2.75) is 6.42 Å². The highest BCUT2D eigenvalue weighted by atomic mass is 16.1. The summed E-state index contributed by atoms with van der Waals surface area (Å²) in [6.07, 6.45) is 4.02. The predicted molar refractivity (Wildman–Crippen MR) is 44.7 cm³/mol. The molecule has 62 valence electrons. The molecule has 0 spiro atoms. The lowest BCUT2D eigenvalue weighted by Gasteiger charge is -2.16. The Kier molecular flexibility index (Phi) is 1.46. The van der Waals surface area contributed by atoms with Crippen molar-refractivity contribution < 1.29 is 4.79 Å². The van der Waals surface area contributed by atoms with Crippen molar-refractivity contribution in [3.8, 4) is 0 Å². The van der Waals surface area contributed by atoms with Crippen LogP contribution in [0.4, 0.5) is 5.69 Å². The highest BCUT2D eigenvalue weighted by Gasteiger charge is 2.18. The van der Waals surface area contributed by atoms with Crippen molar-refractivity contribution in [1.29, 1.82) is 0 Å². The average molecular weight is 163 g/mol. The van der Waals surface area contributed by atoms with Gasteiger partial charge in [0, 0.05) is 12.7 Å². The highest BCUT2D eigenvalue weighted by Crippen LogP contribution is 2.18. The second kappa shape index (κ2) is 2.48. The quantitative estimate of drug-likeness (QED) is 0.563. The van der Waals surface area contributed by atoms with E-state index < -0.39 is 0 Å². The van der Waals surface area contributed by atoms with Gasteiger partial charge in [-0.25, -0.2) is 0 Å². The van der Waals surface area contributed by atoms with Gasteiger partial charge in [0.25, 0.3) is 5.91 Å². The van der Waals surface area contributed by atoms with E-state index in [1.807, 2.05) is 0 Å². The smallest absolute Gasteiger partial charge is 0.253 e. The van der Waals surface area contributed by atoms with Crippen molar-refractivity contribution in [1.82, 2.24) is 10.3 Å². The van der Waals surface area contributed by atoms with Crippen molar-refractivity contribution in [3.05, 3.63) is 23.5 Å². The number of hydrogen-bond donors (Lipinski definition) is 2. The minimum absolute atomic E-state index is 0.0869. The Morgan fingerprint density at radius 3 is 3.08 bits per heavy atom. The summed E-state index contributed by atoms with van der Waals surface area (Å²) in [5.41, 5.74) is 7.61. The molecule has 1 aromatic heterocycles. The third-order valence-electron chi connectivity index (χ3n) is 1.96. The van der Waals surface area contributed by atoms with E-state index in [2.05, 4.69) is 10.3 Å². The first-order valence-corrected chi connectivity index (χ1v) is 3.79. The Hall–Kier alpha value is -1.58. The lowest BCUT2D eigenvalue weighted by molar-refractivity contribution is 0.0947. The Bertz CT molecular complexity index is 335. The van der Waals surface area contributed by atoms with Gasteiger partial charge in [-0.05, 0) is 12.0 Å². The fourth-order valence-electron chi connectivity index (χ4n) is 1.39. The first-order valence-electron chi connectivity index (χ1n) is 3.79. The molecule has 2 rings (SSSR count). The van der Waals surface area contributed by atoms with Crippen molar-refractivity contribution in [2.24, 2.45) is 0 Å². The predicted octanol–water partition coefficient (Wildman–Crippen LogP) is -0.0503. The molecule has 1 aromatic rings. The molecule has 0 aromatic carbocycles. The van der Waals surface area contributed by atoms with Crippen LogP contribution in [-0.4, -0.2) is 17.4 Å². The lowest BCUT2D eigenvalue weighted by Crippen LogP contribution is -2.32. The molecule has 3 N–H and O–H groups in total. The molecular formula is C8H9N3O. The molecule has 0 fully saturated rings. The van der Waals surface area contributed by atoms with E-state index in [-0.39, 0.29) is 5.91 Å². The second-order valence-corrected chi connectivity index (χ2v) is 2.77. The maximum atomic E-state index is 11.3. The molecule has 4 heteroatoms. The number of nitrogens with one attached hydrogen (secondary N) is 1. The van der Waals surface area contributed by atoms with Crippen molar-refractivity contribution >= 4 is 11.6 Å². The van der Waals surface area contributed by atoms with Gasteiger partial charge < -0.3 is 11.1 Å². The second-order valence-electron chi connectivity index (χ2n) is 2.77. The zero-order chi connectivity index (χ0) is 8.55. The molecule has 1 amide bonds. The standard InChI is InChI=1S/C8H9N3O/c9-6-4-10-3-5-1-2-11-8(12)7(5)6/h3-4H,1-2,9H2,(H,11,12). The number of rotatable bonds is 0. The molecule has 0 bridgehead atoms. The minimum Gasteiger partial charge on any atom is -0.397 e. The summed E-state index contributed by atoms with van der Waals surface area (Å²) >= 11 is 0. The Labute approximate surface area is 69.8 Å². The lowest BCUT2D eigenvalue weighted by atomic mass is 10.0. The van der Waals surface area contributed by atoms with E-state index in [0.29, 0.717) is 17.8 Å².